The van der Waals surface area contributed by atoms with Crippen LogP contribution in [0.3, 0.4) is 0 Å². The number of fused-ring (bicyclic) bond motifs is 1. The lowest BCUT2D eigenvalue weighted by atomic mass is 10.1. The molecule has 0 spiro atoms. The Balaban J connectivity index is 1.79. The third-order valence-electron chi connectivity index (χ3n) is 3.58. The molecule has 1 aliphatic rings. The zero-order chi connectivity index (χ0) is 12.3. The molecule has 0 heterocycles. The Kier molecular flexibility index (Phi) is 4.19. The summed E-state index contributed by atoms with van der Waals surface area (Å²) in [4.78, 5) is 2.25. The molecule has 0 aromatic heterocycles. The first kappa shape index (κ1) is 12.6. The first-order valence-corrected chi connectivity index (χ1v) is 6.62. The van der Waals surface area contributed by atoms with Gasteiger partial charge in [-0.1, -0.05) is 24.3 Å². The summed E-state index contributed by atoms with van der Waals surface area (Å²) in [5.74, 6) is 0. The highest BCUT2D eigenvalue weighted by Crippen LogP contribution is 2.22. The van der Waals surface area contributed by atoms with Crippen LogP contribution in [-0.4, -0.2) is 37.6 Å². The normalized spacial score (nSPS) is 17.4. The SMILES string of the molecule is CC(CCN(C)C)NC1Cc2ccccc2C1. The first-order valence-electron chi connectivity index (χ1n) is 6.62. The molecule has 2 nitrogen and oxygen atoms in total. The number of benzene rings is 1. The molecule has 0 bridgehead atoms. The van der Waals surface area contributed by atoms with Crippen LogP contribution in [0.15, 0.2) is 24.3 Å². The molecular formula is C15H24N2. The minimum Gasteiger partial charge on any atom is -0.311 e. The number of nitrogens with zero attached hydrogens (tertiary/aromatic N) is 1. The summed E-state index contributed by atoms with van der Waals surface area (Å²) in [7, 11) is 4.27. The Morgan fingerprint density at radius 1 is 1.24 bits per heavy atom. The van der Waals surface area contributed by atoms with Gasteiger partial charge in [-0.15, -0.1) is 0 Å². The monoisotopic (exact) mass is 232 g/mol. The van der Waals surface area contributed by atoms with Crippen molar-refractivity contribution in [1.29, 1.82) is 0 Å². The molecule has 0 radical (unpaired) electrons. The molecule has 1 aromatic carbocycles. The predicted octanol–water partition coefficient (Wildman–Crippen LogP) is 2.08. The molecule has 94 valence electrons. The third kappa shape index (κ3) is 3.55. The highest BCUT2D eigenvalue weighted by molar-refractivity contribution is 5.33. The lowest BCUT2D eigenvalue weighted by Gasteiger charge is -2.20. The molecule has 1 unspecified atom stereocenters. The van der Waals surface area contributed by atoms with Crippen molar-refractivity contribution >= 4 is 0 Å². The van der Waals surface area contributed by atoms with E-state index in [1.165, 1.54) is 30.4 Å². The van der Waals surface area contributed by atoms with Gasteiger partial charge in [-0.25, -0.2) is 0 Å². The van der Waals surface area contributed by atoms with Crippen molar-refractivity contribution in [2.24, 2.45) is 0 Å². The highest BCUT2D eigenvalue weighted by Gasteiger charge is 2.21. The highest BCUT2D eigenvalue weighted by atomic mass is 15.1. The van der Waals surface area contributed by atoms with Gasteiger partial charge in [-0.05, 0) is 58.0 Å². The molecule has 0 saturated carbocycles. The van der Waals surface area contributed by atoms with Gasteiger partial charge in [0.1, 0.15) is 0 Å². The fourth-order valence-corrected chi connectivity index (χ4v) is 2.61. The molecule has 2 rings (SSSR count). The molecule has 1 N–H and O–H groups in total. The van der Waals surface area contributed by atoms with Gasteiger partial charge in [0.05, 0.1) is 0 Å². The molecule has 0 fully saturated rings. The molecule has 0 saturated heterocycles. The number of rotatable bonds is 5. The van der Waals surface area contributed by atoms with Gasteiger partial charge < -0.3 is 10.2 Å². The van der Waals surface area contributed by atoms with E-state index in [0.29, 0.717) is 12.1 Å². The van der Waals surface area contributed by atoms with E-state index in [1.54, 1.807) is 0 Å². The summed E-state index contributed by atoms with van der Waals surface area (Å²) in [6, 6.07) is 10.1. The van der Waals surface area contributed by atoms with Crippen LogP contribution in [0.25, 0.3) is 0 Å². The van der Waals surface area contributed by atoms with Crippen molar-refractivity contribution in [1.82, 2.24) is 10.2 Å². The van der Waals surface area contributed by atoms with E-state index >= 15 is 0 Å². The van der Waals surface area contributed by atoms with E-state index in [4.69, 9.17) is 0 Å². The zero-order valence-corrected chi connectivity index (χ0v) is 11.2. The summed E-state index contributed by atoms with van der Waals surface area (Å²) in [6.45, 7) is 3.46. The Hall–Kier alpha value is -0.860. The Morgan fingerprint density at radius 3 is 2.35 bits per heavy atom. The molecule has 1 atom stereocenters. The van der Waals surface area contributed by atoms with Crippen LogP contribution >= 0.6 is 0 Å². The van der Waals surface area contributed by atoms with Gasteiger partial charge in [0, 0.05) is 12.1 Å². The molecule has 17 heavy (non-hydrogen) atoms. The lowest BCUT2D eigenvalue weighted by Crippen LogP contribution is -2.38. The van der Waals surface area contributed by atoms with E-state index in [1.807, 2.05) is 0 Å². The van der Waals surface area contributed by atoms with Crippen LogP contribution in [0, 0.1) is 0 Å². The standard InChI is InChI=1S/C15H24N2/c1-12(8-9-17(2)3)16-15-10-13-6-4-5-7-14(13)11-15/h4-7,12,15-16H,8-11H2,1-3H3. The van der Waals surface area contributed by atoms with E-state index in [0.717, 1.165) is 6.54 Å². The fourth-order valence-electron chi connectivity index (χ4n) is 2.61. The summed E-state index contributed by atoms with van der Waals surface area (Å²) < 4.78 is 0. The molecule has 0 amide bonds. The van der Waals surface area contributed by atoms with E-state index in [9.17, 15) is 0 Å². The van der Waals surface area contributed by atoms with Crippen LogP contribution in [-0.2, 0) is 12.8 Å². The predicted molar refractivity (Wildman–Crippen MR) is 73.4 cm³/mol. The van der Waals surface area contributed by atoms with Crippen molar-refractivity contribution in [3.05, 3.63) is 35.4 Å². The zero-order valence-electron chi connectivity index (χ0n) is 11.2. The summed E-state index contributed by atoms with van der Waals surface area (Å²) in [5, 5.41) is 3.75. The largest absolute Gasteiger partial charge is 0.311 e. The van der Waals surface area contributed by atoms with Crippen molar-refractivity contribution in [2.45, 2.75) is 38.3 Å². The van der Waals surface area contributed by atoms with Crippen molar-refractivity contribution in [3.8, 4) is 0 Å². The Morgan fingerprint density at radius 2 is 1.82 bits per heavy atom. The van der Waals surface area contributed by atoms with Crippen LogP contribution in [0.4, 0.5) is 0 Å². The van der Waals surface area contributed by atoms with E-state index in [2.05, 4.69) is 55.5 Å². The lowest BCUT2D eigenvalue weighted by molar-refractivity contribution is 0.350. The van der Waals surface area contributed by atoms with Crippen LogP contribution < -0.4 is 5.32 Å². The van der Waals surface area contributed by atoms with Gasteiger partial charge in [0.2, 0.25) is 0 Å². The quantitative estimate of drug-likeness (QED) is 0.836. The second-order valence-corrected chi connectivity index (χ2v) is 5.53. The summed E-state index contributed by atoms with van der Waals surface area (Å²) in [6.07, 6.45) is 3.62. The van der Waals surface area contributed by atoms with E-state index in [-0.39, 0.29) is 0 Å². The molecule has 1 aliphatic carbocycles. The average Bonchev–Trinajstić information content (AvgIpc) is 2.68. The fraction of sp³-hybridized carbons (Fsp3) is 0.600. The van der Waals surface area contributed by atoms with Gasteiger partial charge in [0.15, 0.2) is 0 Å². The molecule has 1 aromatic rings. The Labute approximate surface area is 105 Å². The number of hydrogen-bond acceptors (Lipinski definition) is 2. The second kappa shape index (κ2) is 5.65. The Bertz CT molecular complexity index is 335. The minimum absolute atomic E-state index is 0.608. The molecular weight excluding hydrogens is 208 g/mol. The van der Waals surface area contributed by atoms with Crippen molar-refractivity contribution in [2.75, 3.05) is 20.6 Å². The van der Waals surface area contributed by atoms with Crippen LogP contribution in [0.1, 0.15) is 24.5 Å². The topological polar surface area (TPSA) is 15.3 Å². The van der Waals surface area contributed by atoms with Crippen LogP contribution in [0.5, 0.6) is 0 Å². The van der Waals surface area contributed by atoms with Crippen molar-refractivity contribution < 1.29 is 0 Å². The first-order chi connectivity index (χ1) is 8.15. The molecule has 0 aliphatic heterocycles. The smallest absolute Gasteiger partial charge is 0.0151 e. The minimum atomic E-state index is 0.608. The average molecular weight is 232 g/mol. The second-order valence-electron chi connectivity index (χ2n) is 5.53. The number of nitrogens with one attached hydrogen (secondary N) is 1. The third-order valence-corrected chi connectivity index (χ3v) is 3.58. The molecule has 2 heteroatoms. The maximum Gasteiger partial charge on any atom is 0.0151 e. The number of hydrogen-bond donors (Lipinski definition) is 1. The van der Waals surface area contributed by atoms with Crippen molar-refractivity contribution in [3.63, 3.8) is 0 Å². The maximum absolute atomic E-state index is 3.75. The van der Waals surface area contributed by atoms with Gasteiger partial charge >= 0.3 is 0 Å². The summed E-state index contributed by atoms with van der Waals surface area (Å²) in [5.41, 5.74) is 3.06. The summed E-state index contributed by atoms with van der Waals surface area (Å²) >= 11 is 0. The maximum atomic E-state index is 3.75. The van der Waals surface area contributed by atoms with E-state index < -0.39 is 0 Å². The van der Waals surface area contributed by atoms with Crippen LogP contribution in [0.2, 0.25) is 0 Å². The van der Waals surface area contributed by atoms with Gasteiger partial charge in [0.25, 0.3) is 0 Å². The van der Waals surface area contributed by atoms with Gasteiger partial charge in [-0.2, -0.15) is 0 Å². The van der Waals surface area contributed by atoms with Gasteiger partial charge in [-0.3, -0.25) is 0 Å².